The second kappa shape index (κ2) is 8.15. The SMILES string of the molecule is Cc1cc(NC(=O)C(=O)NC[C@@H](c2cccn2C)N2CCOCC2)no1. The Labute approximate surface area is 151 Å². The van der Waals surface area contributed by atoms with Crippen LogP contribution in [0.15, 0.2) is 28.9 Å². The molecular formula is C17H23N5O4. The number of carbonyl (C=O) groups is 2. The van der Waals surface area contributed by atoms with Crippen LogP contribution in [0.25, 0.3) is 0 Å². The lowest BCUT2D eigenvalue weighted by Crippen LogP contribution is -2.46. The summed E-state index contributed by atoms with van der Waals surface area (Å²) in [4.78, 5) is 26.4. The summed E-state index contributed by atoms with van der Waals surface area (Å²) in [6.07, 6.45) is 1.96. The van der Waals surface area contributed by atoms with E-state index in [1.807, 2.05) is 29.9 Å². The van der Waals surface area contributed by atoms with Crippen LogP contribution in [0.1, 0.15) is 17.5 Å². The monoisotopic (exact) mass is 361 g/mol. The zero-order valence-corrected chi connectivity index (χ0v) is 14.9. The Morgan fingerprint density at radius 1 is 1.31 bits per heavy atom. The Bertz CT molecular complexity index is 763. The third-order valence-electron chi connectivity index (χ3n) is 4.34. The number of amides is 2. The number of morpholine rings is 1. The van der Waals surface area contributed by atoms with Crippen LogP contribution in [0.3, 0.4) is 0 Å². The zero-order valence-electron chi connectivity index (χ0n) is 14.9. The summed E-state index contributed by atoms with van der Waals surface area (Å²) < 4.78 is 12.3. The van der Waals surface area contributed by atoms with Crippen LogP contribution in [-0.2, 0) is 21.4 Å². The van der Waals surface area contributed by atoms with Gasteiger partial charge in [-0.05, 0) is 19.1 Å². The maximum Gasteiger partial charge on any atom is 0.314 e. The van der Waals surface area contributed by atoms with E-state index in [1.54, 1.807) is 13.0 Å². The minimum Gasteiger partial charge on any atom is -0.379 e. The lowest BCUT2D eigenvalue weighted by atomic mass is 10.1. The number of carbonyl (C=O) groups excluding carboxylic acids is 2. The van der Waals surface area contributed by atoms with Gasteiger partial charge in [0.15, 0.2) is 5.82 Å². The van der Waals surface area contributed by atoms with Crippen molar-refractivity contribution in [1.82, 2.24) is 19.9 Å². The fourth-order valence-electron chi connectivity index (χ4n) is 3.00. The summed E-state index contributed by atoms with van der Waals surface area (Å²) >= 11 is 0. The third-order valence-corrected chi connectivity index (χ3v) is 4.34. The van der Waals surface area contributed by atoms with E-state index in [0.717, 1.165) is 18.8 Å². The average Bonchev–Trinajstić information content (AvgIpc) is 3.24. The van der Waals surface area contributed by atoms with Crippen LogP contribution < -0.4 is 10.6 Å². The van der Waals surface area contributed by atoms with Crippen molar-refractivity contribution in [3.63, 3.8) is 0 Å². The summed E-state index contributed by atoms with van der Waals surface area (Å²) in [5.74, 6) is -0.712. The first-order chi connectivity index (χ1) is 12.5. The highest BCUT2D eigenvalue weighted by molar-refractivity contribution is 6.39. The van der Waals surface area contributed by atoms with Crippen LogP contribution >= 0.6 is 0 Å². The molecule has 1 aliphatic rings. The van der Waals surface area contributed by atoms with Gasteiger partial charge in [-0.1, -0.05) is 5.16 Å². The molecule has 0 radical (unpaired) electrons. The minimum atomic E-state index is -0.772. The Morgan fingerprint density at radius 3 is 2.69 bits per heavy atom. The van der Waals surface area contributed by atoms with Crippen molar-refractivity contribution in [2.75, 3.05) is 38.2 Å². The summed E-state index contributed by atoms with van der Waals surface area (Å²) in [6, 6.07) is 5.49. The van der Waals surface area contributed by atoms with Crippen LogP contribution in [-0.4, -0.2) is 59.3 Å². The summed E-state index contributed by atoms with van der Waals surface area (Å²) in [7, 11) is 1.96. The molecule has 3 heterocycles. The Hall–Kier alpha value is -2.65. The molecule has 9 heteroatoms. The van der Waals surface area contributed by atoms with E-state index >= 15 is 0 Å². The molecule has 2 aromatic rings. The Morgan fingerprint density at radius 2 is 2.08 bits per heavy atom. The molecular weight excluding hydrogens is 338 g/mol. The van der Waals surface area contributed by atoms with Gasteiger partial charge in [-0.15, -0.1) is 0 Å². The second-order valence-corrected chi connectivity index (χ2v) is 6.20. The standard InChI is InChI=1S/C17H23N5O4/c1-12-10-15(20-26-12)19-17(24)16(23)18-11-14(13-4-3-5-21(13)2)22-6-8-25-9-7-22/h3-5,10,14H,6-9,11H2,1-2H3,(H,18,23)(H,19,20,24)/t14-/m0/s1. The van der Waals surface area contributed by atoms with Gasteiger partial charge in [0.25, 0.3) is 0 Å². The number of rotatable bonds is 5. The first-order valence-electron chi connectivity index (χ1n) is 8.50. The van der Waals surface area contributed by atoms with Gasteiger partial charge in [0, 0.05) is 44.6 Å². The van der Waals surface area contributed by atoms with Crippen molar-refractivity contribution >= 4 is 17.6 Å². The summed E-state index contributed by atoms with van der Waals surface area (Å²) in [5.41, 5.74) is 1.07. The fourth-order valence-corrected chi connectivity index (χ4v) is 3.00. The highest BCUT2D eigenvalue weighted by Crippen LogP contribution is 2.21. The maximum atomic E-state index is 12.2. The van der Waals surface area contributed by atoms with E-state index in [-0.39, 0.29) is 11.9 Å². The highest BCUT2D eigenvalue weighted by Gasteiger charge is 2.26. The molecule has 140 valence electrons. The minimum absolute atomic E-state index is 0.0371. The molecule has 1 atom stereocenters. The van der Waals surface area contributed by atoms with Crippen LogP contribution in [0.2, 0.25) is 0 Å². The van der Waals surface area contributed by atoms with E-state index in [9.17, 15) is 9.59 Å². The molecule has 0 spiro atoms. The predicted molar refractivity (Wildman–Crippen MR) is 93.4 cm³/mol. The van der Waals surface area contributed by atoms with Gasteiger partial charge >= 0.3 is 11.8 Å². The molecule has 0 saturated carbocycles. The largest absolute Gasteiger partial charge is 0.379 e. The van der Waals surface area contributed by atoms with Crippen LogP contribution in [0.5, 0.6) is 0 Å². The van der Waals surface area contributed by atoms with Gasteiger partial charge in [-0.3, -0.25) is 19.8 Å². The van der Waals surface area contributed by atoms with Gasteiger partial charge in [0.05, 0.1) is 19.3 Å². The molecule has 0 bridgehead atoms. The molecule has 9 nitrogen and oxygen atoms in total. The van der Waals surface area contributed by atoms with Crippen LogP contribution in [0.4, 0.5) is 5.82 Å². The molecule has 1 saturated heterocycles. The van der Waals surface area contributed by atoms with Gasteiger partial charge in [0.1, 0.15) is 5.76 Å². The number of hydrogen-bond donors (Lipinski definition) is 2. The number of ether oxygens (including phenoxy) is 1. The number of anilines is 1. The fraction of sp³-hybridized carbons (Fsp3) is 0.471. The van der Waals surface area contributed by atoms with Crippen molar-refractivity contribution < 1.29 is 18.8 Å². The number of nitrogens with zero attached hydrogens (tertiary/aromatic N) is 3. The number of aromatic nitrogens is 2. The topological polar surface area (TPSA) is 102 Å². The lowest BCUT2D eigenvalue weighted by Gasteiger charge is -2.34. The maximum absolute atomic E-state index is 12.2. The molecule has 0 aliphatic carbocycles. The molecule has 0 unspecified atom stereocenters. The second-order valence-electron chi connectivity index (χ2n) is 6.20. The van der Waals surface area contributed by atoms with E-state index in [2.05, 4.69) is 20.7 Å². The normalized spacial score (nSPS) is 16.2. The van der Waals surface area contributed by atoms with Crippen molar-refractivity contribution in [1.29, 1.82) is 0 Å². The van der Waals surface area contributed by atoms with Crippen LogP contribution in [0, 0.1) is 6.92 Å². The molecule has 2 aromatic heterocycles. The van der Waals surface area contributed by atoms with Gasteiger partial charge < -0.3 is 19.1 Å². The molecule has 2 N–H and O–H groups in total. The van der Waals surface area contributed by atoms with E-state index in [4.69, 9.17) is 9.26 Å². The molecule has 3 rings (SSSR count). The van der Waals surface area contributed by atoms with Crippen molar-refractivity contribution in [2.24, 2.45) is 7.05 Å². The van der Waals surface area contributed by atoms with Gasteiger partial charge in [-0.2, -0.15) is 0 Å². The number of hydrogen-bond acceptors (Lipinski definition) is 6. The quantitative estimate of drug-likeness (QED) is 0.750. The number of aryl methyl sites for hydroxylation is 2. The van der Waals surface area contributed by atoms with E-state index in [0.29, 0.717) is 25.5 Å². The smallest absolute Gasteiger partial charge is 0.314 e. The average molecular weight is 361 g/mol. The molecule has 26 heavy (non-hydrogen) atoms. The Kier molecular flexibility index (Phi) is 5.69. The highest BCUT2D eigenvalue weighted by atomic mass is 16.5. The first kappa shape index (κ1) is 18.2. The van der Waals surface area contributed by atoms with Crippen molar-refractivity contribution in [3.05, 3.63) is 35.9 Å². The molecule has 2 amide bonds. The summed E-state index contributed by atoms with van der Waals surface area (Å²) in [5, 5.41) is 8.78. The Balaban J connectivity index is 1.62. The van der Waals surface area contributed by atoms with Gasteiger partial charge in [0.2, 0.25) is 0 Å². The molecule has 1 fully saturated rings. The van der Waals surface area contributed by atoms with E-state index < -0.39 is 11.8 Å². The summed E-state index contributed by atoms with van der Waals surface area (Å²) in [6.45, 7) is 4.88. The predicted octanol–water partition coefficient (Wildman–Crippen LogP) is 0.450. The van der Waals surface area contributed by atoms with Gasteiger partial charge in [-0.25, -0.2) is 0 Å². The van der Waals surface area contributed by atoms with Crippen molar-refractivity contribution in [2.45, 2.75) is 13.0 Å². The first-order valence-corrected chi connectivity index (χ1v) is 8.50. The molecule has 1 aliphatic heterocycles. The van der Waals surface area contributed by atoms with Crippen molar-refractivity contribution in [3.8, 4) is 0 Å². The lowest BCUT2D eigenvalue weighted by molar-refractivity contribution is -0.136. The third kappa shape index (κ3) is 4.30. The zero-order chi connectivity index (χ0) is 18.5. The van der Waals surface area contributed by atoms with E-state index in [1.165, 1.54) is 0 Å². The number of nitrogens with one attached hydrogen (secondary N) is 2. The molecule has 0 aromatic carbocycles.